The fourth-order valence-electron chi connectivity index (χ4n) is 3.25. The molecule has 3 aromatic rings. The van der Waals surface area contributed by atoms with Crippen LogP contribution in [0.3, 0.4) is 0 Å². The highest BCUT2D eigenvalue weighted by molar-refractivity contribution is 6.18. The smallest absolute Gasteiger partial charge is 0.431 e. The zero-order chi connectivity index (χ0) is 22.8. The van der Waals surface area contributed by atoms with Crippen molar-refractivity contribution in [1.82, 2.24) is 0 Å². The standard InChI is InChI=1S/C22H13N3O7/c26-21-19(14-4-2-1-3-5-14)22(27)32-23(21)20(15-6-10-17(11-7-15)24(28)29)16-8-12-18(13-9-16)25(30)31/h1-13H/p+1. The number of nitrogens with zero attached hydrogens (tertiary/aromatic N) is 3. The highest BCUT2D eigenvalue weighted by Gasteiger charge is 2.43. The second-order valence-corrected chi connectivity index (χ2v) is 6.69. The molecule has 0 saturated heterocycles. The van der Waals surface area contributed by atoms with E-state index in [-0.39, 0.29) is 22.7 Å². The van der Waals surface area contributed by atoms with Gasteiger partial charge in [-0.1, -0.05) is 30.3 Å². The molecule has 10 nitrogen and oxygen atoms in total. The van der Waals surface area contributed by atoms with Gasteiger partial charge in [0.25, 0.3) is 17.1 Å². The maximum absolute atomic E-state index is 12.6. The van der Waals surface area contributed by atoms with E-state index in [0.29, 0.717) is 16.7 Å². The molecule has 1 aliphatic heterocycles. The zero-order valence-electron chi connectivity index (χ0n) is 16.2. The zero-order valence-corrected chi connectivity index (χ0v) is 16.2. The van der Waals surface area contributed by atoms with E-state index in [0.717, 1.165) is 4.74 Å². The Bertz CT molecular complexity index is 1240. The van der Waals surface area contributed by atoms with E-state index in [1.807, 2.05) is 0 Å². The van der Waals surface area contributed by atoms with E-state index < -0.39 is 21.7 Å². The van der Waals surface area contributed by atoms with Crippen LogP contribution in [-0.2, 0) is 9.63 Å². The van der Waals surface area contributed by atoms with Crippen LogP contribution in [0.15, 0.2) is 84.7 Å². The van der Waals surface area contributed by atoms with Crippen LogP contribution in [0.5, 0.6) is 0 Å². The molecule has 158 valence electrons. The number of carbonyl (C=O) groups excluding carboxylic acids is 1. The molecular weight excluding hydrogens is 418 g/mol. The summed E-state index contributed by atoms with van der Waals surface area (Å²) in [6.45, 7) is 0. The Balaban J connectivity index is 1.93. The summed E-state index contributed by atoms with van der Waals surface area (Å²) < 4.78 is 0.910. The van der Waals surface area contributed by atoms with Gasteiger partial charge in [-0.3, -0.25) is 20.2 Å². The minimum atomic E-state index is -0.796. The Morgan fingerprint density at radius 1 is 0.781 bits per heavy atom. The third kappa shape index (κ3) is 3.67. The van der Waals surface area contributed by atoms with Gasteiger partial charge in [0.2, 0.25) is 0 Å². The molecule has 0 aromatic heterocycles. The molecular formula is C22H14N3O7+. The second-order valence-electron chi connectivity index (χ2n) is 6.69. The van der Waals surface area contributed by atoms with Gasteiger partial charge in [0.1, 0.15) is 0 Å². The Hall–Kier alpha value is -4.86. The molecule has 32 heavy (non-hydrogen) atoms. The number of aliphatic hydroxyl groups is 1. The van der Waals surface area contributed by atoms with Crippen LogP contribution in [0.2, 0.25) is 0 Å². The predicted octanol–water partition coefficient (Wildman–Crippen LogP) is 3.75. The van der Waals surface area contributed by atoms with E-state index >= 15 is 0 Å². The van der Waals surface area contributed by atoms with Gasteiger partial charge < -0.3 is 5.11 Å². The number of carbonyl (C=O) groups is 1. The largest absolute Gasteiger partial charge is 0.456 e. The molecule has 0 bridgehead atoms. The number of hydroxylamine groups is 1. The lowest BCUT2D eigenvalue weighted by Crippen LogP contribution is -2.21. The number of hydrogen-bond donors (Lipinski definition) is 1. The van der Waals surface area contributed by atoms with E-state index in [1.54, 1.807) is 30.3 Å². The monoisotopic (exact) mass is 432 g/mol. The molecule has 1 heterocycles. The minimum absolute atomic E-state index is 0.0630. The fourth-order valence-corrected chi connectivity index (χ4v) is 3.25. The van der Waals surface area contributed by atoms with Gasteiger partial charge in [0.15, 0.2) is 5.57 Å². The van der Waals surface area contributed by atoms with Gasteiger partial charge in [-0.25, -0.2) is 4.79 Å². The van der Waals surface area contributed by atoms with Crippen LogP contribution < -0.4 is 0 Å². The number of aliphatic hydroxyl groups excluding tert-OH is 1. The molecule has 0 spiro atoms. The molecule has 1 aliphatic rings. The molecule has 0 fully saturated rings. The second kappa shape index (κ2) is 8.11. The molecule has 0 amide bonds. The Kier molecular flexibility index (Phi) is 5.17. The van der Waals surface area contributed by atoms with E-state index in [2.05, 4.69) is 0 Å². The lowest BCUT2D eigenvalue weighted by molar-refractivity contribution is -0.731. The first-order chi connectivity index (χ1) is 15.4. The number of benzene rings is 3. The summed E-state index contributed by atoms with van der Waals surface area (Å²) in [6.07, 6.45) is 0. The number of non-ortho nitro benzene ring substituents is 2. The first-order valence-corrected chi connectivity index (χ1v) is 9.24. The lowest BCUT2D eigenvalue weighted by atomic mass is 10.0. The minimum Gasteiger partial charge on any atom is -0.456 e. The van der Waals surface area contributed by atoms with Crippen LogP contribution in [-0.4, -0.2) is 31.4 Å². The highest BCUT2D eigenvalue weighted by atomic mass is 16.7. The van der Waals surface area contributed by atoms with Gasteiger partial charge in [-0.2, -0.15) is 4.84 Å². The van der Waals surface area contributed by atoms with Crippen LogP contribution in [0.4, 0.5) is 11.4 Å². The summed E-state index contributed by atoms with van der Waals surface area (Å²) in [5, 5.41) is 32.9. The van der Waals surface area contributed by atoms with Gasteiger partial charge in [-0.05, 0) is 29.8 Å². The molecule has 3 aromatic carbocycles. The van der Waals surface area contributed by atoms with Crippen LogP contribution in [0, 0.1) is 20.2 Å². The SMILES string of the molecule is O=C1O[N+](=C(c2ccc([N+](=O)[O-])cc2)c2ccc([N+](=O)[O-])cc2)C(O)=C1c1ccccc1. The normalized spacial score (nSPS) is 13.1. The fraction of sp³-hybridized carbons (Fsp3) is 0. The van der Waals surface area contributed by atoms with Gasteiger partial charge in [-0.15, -0.1) is 0 Å². The number of nitro benzene ring substituents is 2. The maximum Gasteiger partial charge on any atom is 0.431 e. The summed E-state index contributed by atoms with van der Waals surface area (Å²) in [5.74, 6) is -1.28. The third-order valence-corrected chi connectivity index (χ3v) is 4.76. The number of rotatable bonds is 5. The Labute approximate surface area is 180 Å². The predicted molar refractivity (Wildman–Crippen MR) is 112 cm³/mol. The van der Waals surface area contributed by atoms with E-state index in [1.165, 1.54) is 48.5 Å². The molecule has 4 rings (SSSR count). The number of hydrogen-bond acceptors (Lipinski definition) is 7. The summed E-state index contributed by atoms with van der Waals surface area (Å²) >= 11 is 0. The summed E-state index contributed by atoms with van der Waals surface area (Å²) in [6, 6.07) is 19.2. The lowest BCUT2D eigenvalue weighted by Gasteiger charge is -2.04. The molecule has 0 aliphatic carbocycles. The third-order valence-electron chi connectivity index (χ3n) is 4.76. The van der Waals surface area contributed by atoms with Crippen molar-refractivity contribution in [3.63, 3.8) is 0 Å². The van der Waals surface area contributed by atoms with Crippen molar-refractivity contribution in [2.75, 3.05) is 0 Å². The van der Waals surface area contributed by atoms with Crippen molar-refractivity contribution in [2.45, 2.75) is 0 Å². The molecule has 0 saturated carbocycles. The average molecular weight is 432 g/mol. The number of nitro groups is 2. The first kappa shape index (κ1) is 20.4. The Morgan fingerprint density at radius 2 is 1.25 bits per heavy atom. The van der Waals surface area contributed by atoms with Crippen LogP contribution >= 0.6 is 0 Å². The van der Waals surface area contributed by atoms with Crippen molar-refractivity contribution < 1.29 is 29.3 Å². The van der Waals surface area contributed by atoms with E-state index in [4.69, 9.17) is 4.84 Å². The van der Waals surface area contributed by atoms with Crippen molar-refractivity contribution in [2.24, 2.45) is 0 Å². The van der Waals surface area contributed by atoms with Gasteiger partial charge in [0, 0.05) is 24.3 Å². The molecule has 0 unspecified atom stereocenters. The average Bonchev–Trinajstić information content (AvgIpc) is 3.08. The molecule has 0 atom stereocenters. The topological polar surface area (TPSA) is 136 Å². The van der Waals surface area contributed by atoms with Crippen LogP contribution in [0.1, 0.15) is 16.7 Å². The molecule has 0 radical (unpaired) electrons. The van der Waals surface area contributed by atoms with Crippen LogP contribution in [0.25, 0.3) is 5.57 Å². The quantitative estimate of drug-likeness (QED) is 0.281. The Morgan fingerprint density at radius 3 is 1.69 bits per heavy atom. The van der Waals surface area contributed by atoms with Gasteiger partial charge >= 0.3 is 11.9 Å². The summed E-state index contributed by atoms with van der Waals surface area (Å²) in [5.41, 5.74) is 0.985. The molecule has 1 N–H and O–H groups in total. The van der Waals surface area contributed by atoms with Crippen molar-refractivity contribution in [1.29, 1.82) is 0 Å². The van der Waals surface area contributed by atoms with E-state index in [9.17, 15) is 30.1 Å². The molecule has 10 heteroatoms. The highest BCUT2D eigenvalue weighted by Crippen LogP contribution is 2.28. The van der Waals surface area contributed by atoms with Gasteiger partial charge in [0.05, 0.1) is 25.7 Å². The summed E-state index contributed by atoms with van der Waals surface area (Å²) in [7, 11) is 0. The van der Waals surface area contributed by atoms with Crippen molar-refractivity contribution >= 4 is 28.6 Å². The maximum atomic E-state index is 12.6. The summed E-state index contributed by atoms with van der Waals surface area (Å²) in [4.78, 5) is 38.8. The first-order valence-electron chi connectivity index (χ1n) is 9.24. The van der Waals surface area contributed by atoms with Crippen molar-refractivity contribution in [3.05, 3.63) is 122 Å². The van der Waals surface area contributed by atoms with Crippen molar-refractivity contribution in [3.8, 4) is 0 Å².